The lowest BCUT2D eigenvalue weighted by molar-refractivity contribution is 0.268. The molecule has 2 unspecified atom stereocenters. The zero-order valence-corrected chi connectivity index (χ0v) is 20.3. The van der Waals surface area contributed by atoms with Crippen LogP contribution in [-0.4, -0.2) is 31.2 Å². The summed E-state index contributed by atoms with van der Waals surface area (Å²) < 4.78 is 12.2. The summed E-state index contributed by atoms with van der Waals surface area (Å²) in [6, 6.07) is 33.1. The topological polar surface area (TPSA) is 46.6 Å². The van der Waals surface area contributed by atoms with E-state index in [4.69, 9.17) is 14.5 Å². The molecule has 0 spiro atoms. The molecule has 182 valence electrons. The lowest BCUT2D eigenvalue weighted by Crippen LogP contribution is -2.25. The van der Waals surface area contributed by atoms with Crippen molar-refractivity contribution < 1.29 is 9.47 Å². The number of aromatic nitrogens is 1. The van der Waals surface area contributed by atoms with Crippen molar-refractivity contribution in [2.75, 3.05) is 31.1 Å². The molecule has 6 rings (SSSR count). The van der Waals surface area contributed by atoms with Crippen LogP contribution in [0.5, 0.6) is 11.8 Å². The van der Waals surface area contributed by atoms with Gasteiger partial charge in [-0.05, 0) is 46.7 Å². The van der Waals surface area contributed by atoms with Crippen molar-refractivity contribution in [3.8, 4) is 22.9 Å². The predicted octanol–water partition coefficient (Wildman–Crippen LogP) is 5.56. The molecule has 36 heavy (non-hydrogen) atoms. The van der Waals surface area contributed by atoms with Crippen molar-refractivity contribution in [2.24, 2.45) is 11.8 Å². The fourth-order valence-corrected chi connectivity index (χ4v) is 5.21. The van der Waals surface area contributed by atoms with Gasteiger partial charge >= 0.3 is 0 Å². The van der Waals surface area contributed by atoms with E-state index in [2.05, 4.69) is 52.7 Å². The number of hydrogen-bond donors (Lipinski definition) is 1. The van der Waals surface area contributed by atoms with Gasteiger partial charge < -0.3 is 19.7 Å². The van der Waals surface area contributed by atoms with Gasteiger partial charge in [-0.3, -0.25) is 0 Å². The molecule has 0 radical (unpaired) electrons. The molecular weight excluding hydrogens is 446 g/mol. The number of ether oxygens (including phenoxy) is 2. The second-order valence-corrected chi connectivity index (χ2v) is 9.68. The number of pyridine rings is 1. The molecule has 0 bridgehead atoms. The molecule has 3 aromatic carbocycles. The summed E-state index contributed by atoms with van der Waals surface area (Å²) in [4.78, 5) is 7.28. The zero-order chi connectivity index (χ0) is 24.2. The van der Waals surface area contributed by atoms with Crippen LogP contribution in [0.25, 0.3) is 11.1 Å². The molecule has 2 aliphatic rings. The first kappa shape index (κ1) is 22.6. The summed E-state index contributed by atoms with van der Waals surface area (Å²) in [5, 5.41) is 3.52. The monoisotopic (exact) mass is 477 g/mol. The Balaban J connectivity index is 1.22. The van der Waals surface area contributed by atoms with Crippen molar-refractivity contribution in [3.63, 3.8) is 0 Å². The van der Waals surface area contributed by atoms with E-state index in [0.29, 0.717) is 25.0 Å². The number of benzene rings is 3. The molecule has 2 aliphatic heterocycles. The summed E-state index contributed by atoms with van der Waals surface area (Å²) in [6.07, 6.45) is 0. The van der Waals surface area contributed by atoms with Crippen molar-refractivity contribution in [3.05, 3.63) is 108 Å². The second-order valence-electron chi connectivity index (χ2n) is 9.68. The summed E-state index contributed by atoms with van der Waals surface area (Å²) in [5.74, 6) is 2.68. The van der Waals surface area contributed by atoms with Crippen LogP contribution in [0.1, 0.15) is 11.1 Å². The number of nitrogens with zero attached hydrogens (tertiary/aromatic N) is 2. The summed E-state index contributed by atoms with van der Waals surface area (Å²) in [7, 11) is 0. The molecule has 3 heterocycles. The first-order valence-corrected chi connectivity index (χ1v) is 12.7. The maximum absolute atomic E-state index is 6.24. The Hall–Kier alpha value is -3.83. The predicted molar refractivity (Wildman–Crippen MR) is 143 cm³/mol. The van der Waals surface area contributed by atoms with E-state index in [0.717, 1.165) is 60.3 Å². The lowest BCUT2D eigenvalue weighted by atomic mass is 10.0. The van der Waals surface area contributed by atoms with E-state index in [1.807, 2.05) is 54.6 Å². The second kappa shape index (κ2) is 10.4. The van der Waals surface area contributed by atoms with Crippen LogP contribution in [0.2, 0.25) is 0 Å². The van der Waals surface area contributed by atoms with E-state index in [1.54, 1.807) is 0 Å². The normalized spacial score (nSPS) is 18.7. The van der Waals surface area contributed by atoms with Gasteiger partial charge in [0.2, 0.25) is 11.8 Å². The molecule has 1 aromatic heterocycles. The van der Waals surface area contributed by atoms with E-state index < -0.39 is 0 Å². The molecule has 5 heteroatoms. The lowest BCUT2D eigenvalue weighted by Gasteiger charge is -2.20. The number of anilines is 1. The highest BCUT2D eigenvalue weighted by atomic mass is 16.5. The molecule has 0 amide bonds. The number of rotatable bonds is 8. The maximum atomic E-state index is 6.24. The van der Waals surface area contributed by atoms with Crippen molar-refractivity contribution >= 4 is 5.69 Å². The number of fused-ring (bicyclic) bond motifs is 1. The Bertz CT molecular complexity index is 1270. The largest absolute Gasteiger partial charge is 0.473 e. The Morgan fingerprint density at radius 3 is 1.94 bits per heavy atom. The van der Waals surface area contributed by atoms with Crippen LogP contribution in [0.3, 0.4) is 0 Å². The summed E-state index contributed by atoms with van der Waals surface area (Å²) >= 11 is 0. The van der Waals surface area contributed by atoms with Crippen LogP contribution >= 0.6 is 0 Å². The van der Waals surface area contributed by atoms with Crippen molar-refractivity contribution in [1.29, 1.82) is 0 Å². The molecule has 2 fully saturated rings. The van der Waals surface area contributed by atoms with E-state index in [-0.39, 0.29) is 0 Å². The van der Waals surface area contributed by atoms with Gasteiger partial charge in [0.1, 0.15) is 13.2 Å². The van der Waals surface area contributed by atoms with E-state index in [1.165, 1.54) is 5.69 Å². The molecule has 0 saturated carbocycles. The fourth-order valence-electron chi connectivity index (χ4n) is 5.21. The van der Waals surface area contributed by atoms with Gasteiger partial charge in [-0.1, -0.05) is 72.8 Å². The van der Waals surface area contributed by atoms with Gasteiger partial charge in [-0.25, -0.2) is 0 Å². The highest BCUT2D eigenvalue weighted by Crippen LogP contribution is 2.35. The minimum Gasteiger partial charge on any atom is -0.473 e. The highest BCUT2D eigenvalue weighted by Gasteiger charge is 2.36. The molecule has 0 aliphatic carbocycles. The third-order valence-electron chi connectivity index (χ3n) is 7.22. The summed E-state index contributed by atoms with van der Waals surface area (Å²) in [5.41, 5.74) is 5.55. The van der Waals surface area contributed by atoms with Crippen molar-refractivity contribution in [2.45, 2.75) is 13.2 Å². The van der Waals surface area contributed by atoms with Gasteiger partial charge in [0.15, 0.2) is 0 Å². The van der Waals surface area contributed by atoms with Crippen LogP contribution < -0.4 is 19.7 Å². The van der Waals surface area contributed by atoms with Gasteiger partial charge in [-0.15, -0.1) is 0 Å². The molecule has 1 N–H and O–H groups in total. The van der Waals surface area contributed by atoms with Gasteiger partial charge in [0.25, 0.3) is 0 Å². The van der Waals surface area contributed by atoms with Crippen LogP contribution in [0, 0.1) is 11.8 Å². The first-order chi connectivity index (χ1) is 17.8. The zero-order valence-electron chi connectivity index (χ0n) is 20.3. The van der Waals surface area contributed by atoms with Gasteiger partial charge in [0.05, 0.1) is 0 Å². The smallest absolute Gasteiger partial charge is 0.225 e. The Kier molecular flexibility index (Phi) is 6.55. The fraction of sp³-hybridized carbons (Fsp3) is 0.258. The van der Waals surface area contributed by atoms with E-state index >= 15 is 0 Å². The Labute approximate surface area is 212 Å². The Morgan fingerprint density at radius 1 is 0.694 bits per heavy atom. The number of hydrogen-bond acceptors (Lipinski definition) is 5. The average Bonchev–Trinajstić information content (AvgIpc) is 3.55. The molecule has 4 aromatic rings. The summed E-state index contributed by atoms with van der Waals surface area (Å²) in [6.45, 7) is 5.48. The minimum atomic E-state index is 0.450. The van der Waals surface area contributed by atoms with Gasteiger partial charge in [-0.2, -0.15) is 4.98 Å². The SMILES string of the molecule is c1ccc(COc2ccc(-c3ccc(N4CC5CNCC5C4)cc3)c(OCc3ccccc3)n2)cc1. The Morgan fingerprint density at radius 2 is 1.31 bits per heavy atom. The quantitative estimate of drug-likeness (QED) is 0.360. The number of nitrogens with one attached hydrogen (secondary N) is 1. The minimum absolute atomic E-state index is 0.450. The molecule has 2 saturated heterocycles. The first-order valence-electron chi connectivity index (χ1n) is 12.7. The van der Waals surface area contributed by atoms with E-state index in [9.17, 15) is 0 Å². The van der Waals surface area contributed by atoms with Crippen LogP contribution in [0.15, 0.2) is 97.1 Å². The van der Waals surface area contributed by atoms with Crippen LogP contribution in [0.4, 0.5) is 5.69 Å². The molecular formula is C31H31N3O2. The molecule has 5 nitrogen and oxygen atoms in total. The maximum Gasteiger partial charge on any atom is 0.225 e. The third-order valence-corrected chi connectivity index (χ3v) is 7.22. The standard InChI is InChI=1S/C31H31N3O2/c1-3-7-23(8-4-1)21-35-30-16-15-29(31(33-30)36-22-24-9-5-2-6-10-24)25-11-13-28(14-12-25)34-19-26-17-32-18-27(26)20-34/h1-16,26-27,32H,17-22H2. The average molecular weight is 478 g/mol. The highest BCUT2D eigenvalue weighted by molar-refractivity contribution is 5.71. The van der Waals surface area contributed by atoms with Gasteiger partial charge in [0, 0.05) is 43.5 Å². The van der Waals surface area contributed by atoms with Crippen LogP contribution in [-0.2, 0) is 13.2 Å². The third kappa shape index (κ3) is 5.07. The van der Waals surface area contributed by atoms with Crippen molar-refractivity contribution in [1.82, 2.24) is 10.3 Å². The molecule has 2 atom stereocenters.